The van der Waals surface area contributed by atoms with E-state index in [9.17, 15) is 29.7 Å². The van der Waals surface area contributed by atoms with Crippen molar-refractivity contribution in [2.24, 2.45) is 34.5 Å². The lowest BCUT2D eigenvalue weighted by Crippen LogP contribution is -2.64. The molecule has 4 aliphatic rings. The highest BCUT2D eigenvalue weighted by atomic mass is 19.1. The Morgan fingerprint density at radius 3 is 2.56 bits per heavy atom. The molecule has 0 radical (unpaired) electrons. The van der Waals surface area contributed by atoms with Gasteiger partial charge in [0.2, 0.25) is 0 Å². The van der Waals surface area contributed by atoms with Gasteiger partial charge in [-0.15, -0.1) is 0 Å². The Kier molecular flexibility index (Phi) is 5.46. The predicted octanol–water partition coefficient (Wildman–Crippen LogP) is 1.82. The number of carbonyl (C=O) groups is 3. The number of carbonyl (C=O) groups excluding carboxylic acids is 2. The van der Waals surface area contributed by atoms with E-state index in [0.29, 0.717) is 24.8 Å². The first kappa shape index (κ1) is 23.5. The van der Waals surface area contributed by atoms with Crippen LogP contribution in [-0.2, 0) is 14.4 Å². The molecule has 7 nitrogen and oxygen atoms in total. The number of halogens is 1. The van der Waals surface area contributed by atoms with E-state index in [4.69, 9.17) is 5.11 Å². The zero-order valence-electron chi connectivity index (χ0n) is 18.8. The molecule has 0 bridgehead atoms. The number of carboxylic acid groups (broad SMARTS) is 1. The summed E-state index contributed by atoms with van der Waals surface area (Å²) in [6, 6.07) is 0. The number of allylic oxidation sites excluding steroid dienone is 1. The Hall–Kier alpha value is -1.64. The van der Waals surface area contributed by atoms with Crippen LogP contribution in [0.15, 0.2) is 11.6 Å². The van der Waals surface area contributed by atoms with Crippen molar-refractivity contribution < 1.29 is 39.2 Å². The minimum Gasteiger partial charge on any atom is -0.481 e. The van der Waals surface area contributed by atoms with Gasteiger partial charge in [-0.25, -0.2) is 4.39 Å². The van der Waals surface area contributed by atoms with Gasteiger partial charge in [0.25, 0.3) is 0 Å². The van der Waals surface area contributed by atoms with E-state index in [1.807, 2.05) is 6.92 Å². The summed E-state index contributed by atoms with van der Waals surface area (Å²) in [6.07, 6.45) is -2.19. The number of rotatable bonds is 4. The minimum absolute atomic E-state index is 0.0823. The summed E-state index contributed by atoms with van der Waals surface area (Å²) in [5.74, 6) is -3.88. The van der Waals surface area contributed by atoms with Crippen molar-refractivity contribution in [1.82, 2.24) is 0 Å². The third-order valence-electron chi connectivity index (χ3n) is 9.50. The third-order valence-corrected chi connectivity index (χ3v) is 9.50. The number of carboxylic acids is 1. The monoisotopic (exact) mass is 452 g/mol. The lowest BCUT2D eigenvalue weighted by atomic mass is 9.45. The molecule has 0 aromatic rings. The molecule has 10 atom stereocenters. The first-order chi connectivity index (χ1) is 14.8. The van der Waals surface area contributed by atoms with Crippen molar-refractivity contribution in [3.8, 4) is 0 Å². The van der Waals surface area contributed by atoms with E-state index in [0.717, 1.165) is 0 Å². The maximum atomic E-state index is 15.4. The standard InChI is InChI=1S/C24H33FO7/c1-11-6-14-13-8-16(25)15-7-12(26)4-5-22(15,2)20(13)18(28)10-23(14,3)24(11,32)21(31)17(27)9-19(29)30/h7,11,13-14,16-18,20,27-28,32H,4-6,8-10H2,1-3H3,(H,29,30)/t11?,13-,14-,16?,17?,18-,20+,22-,23-,24-/m0/s1. The number of hydrogen-bond acceptors (Lipinski definition) is 6. The molecule has 3 unspecified atom stereocenters. The Balaban J connectivity index is 1.74. The quantitative estimate of drug-likeness (QED) is 0.511. The fourth-order valence-corrected chi connectivity index (χ4v) is 8.06. The molecule has 0 spiro atoms. The molecule has 4 rings (SSSR count). The first-order valence-electron chi connectivity index (χ1n) is 11.5. The lowest BCUT2D eigenvalue weighted by molar-refractivity contribution is -0.193. The van der Waals surface area contributed by atoms with E-state index in [1.165, 1.54) is 6.08 Å². The zero-order chi connectivity index (χ0) is 23.8. The van der Waals surface area contributed by atoms with Gasteiger partial charge in [0, 0.05) is 11.8 Å². The zero-order valence-corrected chi connectivity index (χ0v) is 18.8. The van der Waals surface area contributed by atoms with E-state index in [2.05, 4.69) is 0 Å². The van der Waals surface area contributed by atoms with Gasteiger partial charge in [0.05, 0.1) is 12.5 Å². The number of alkyl halides is 1. The van der Waals surface area contributed by atoms with E-state index >= 15 is 4.39 Å². The maximum Gasteiger partial charge on any atom is 0.306 e. The molecule has 4 N–H and O–H groups in total. The number of aliphatic hydroxyl groups is 3. The van der Waals surface area contributed by atoms with Gasteiger partial charge in [-0.1, -0.05) is 20.8 Å². The molecule has 32 heavy (non-hydrogen) atoms. The van der Waals surface area contributed by atoms with Crippen LogP contribution in [0.4, 0.5) is 4.39 Å². The van der Waals surface area contributed by atoms with Gasteiger partial charge in [-0.05, 0) is 66.4 Å². The predicted molar refractivity (Wildman–Crippen MR) is 111 cm³/mol. The summed E-state index contributed by atoms with van der Waals surface area (Å²) in [7, 11) is 0. The first-order valence-corrected chi connectivity index (χ1v) is 11.5. The van der Waals surface area contributed by atoms with Crippen molar-refractivity contribution in [2.45, 2.75) is 83.3 Å². The highest BCUT2D eigenvalue weighted by Gasteiger charge is 2.71. The Labute approximate surface area is 186 Å². The molecule has 0 aliphatic heterocycles. The number of hydrogen-bond donors (Lipinski definition) is 4. The van der Waals surface area contributed by atoms with Crippen LogP contribution in [0, 0.1) is 34.5 Å². The molecule has 0 heterocycles. The van der Waals surface area contributed by atoms with Crippen LogP contribution < -0.4 is 0 Å². The largest absolute Gasteiger partial charge is 0.481 e. The highest BCUT2D eigenvalue weighted by molar-refractivity contribution is 5.95. The minimum atomic E-state index is -2.02. The Bertz CT molecular complexity index is 886. The normalized spacial score (nSPS) is 48.8. The van der Waals surface area contributed by atoms with Crippen LogP contribution in [-0.4, -0.2) is 61.9 Å². The second kappa shape index (κ2) is 7.43. The van der Waals surface area contributed by atoms with Crippen LogP contribution in [0.2, 0.25) is 0 Å². The van der Waals surface area contributed by atoms with Crippen molar-refractivity contribution in [1.29, 1.82) is 0 Å². The highest BCUT2D eigenvalue weighted by Crippen LogP contribution is 2.69. The summed E-state index contributed by atoms with van der Waals surface area (Å²) in [4.78, 5) is 36.2. The number of Topliss-reactive ketones (excluding diaryl/α,β-unsaturated/α-hetero) is 1. The van der Waals surface area contributed by atoms with Crippen molar-refractivity contribution >= 4 is 17.5 Å². The molecule has 0 aromatic carbocycles. The summed E-state index contributed by atoms with van der Waals surface area (Å²) < 4.78 is 15.4. The number of aliphatic carboxylic acids is 1. The third kappa shape index (κ3) is 2.98. The number of fused-ring (bicyclic) bond motifs is 5. The molecule has 0 aromatic heterocycles. The van der Waals surface area contributed by atoms with E-state index in [1.54, 1.807) is 13.8 Å². The molecule has 3 saturated carbocycles. The molecule has 0 amide bonds. The smallest absolute Gasteiger partial charge is 0.306 e. The van der Waals surface area contributed by atoms with Gasteiger partial charge in [0.1, 0.15) is 17.9 Å². The van der Waals surface area contributed by atoms with Gasteiger partial charge < -0.3 is 20.4 Å². The van der Waals surface area contributed by atoms with Crippen molar-refractivity contribution in [2.75, 3.05) is 0 Å². The molecule has 4 aliphatic carbocycles. The second-order valence-corrected chi connectivity index (χ2v) is 11.1. The average molecular weight is 453 g/mol. The van der Waals surface area contributed by atoms with Crippen LogP contribution in [0.3, 0.4) is 0 Å². The van der Waals surface area contributed by atoms with Crippen molar-refractivity contribution in [3.63, 3.8) is 0 Å². The second-order valence-electron chi connectivity index (χ2n) is 11.1. The van der Waals surface area contributed by atoms with Crippen molar-refractivity contribution in [3.05, 3.63) is 11.6 Å². The van der Waals surface area contributed by atoms with Gasteiger partial charge in [0.15, 0.2) is 11.6 Å². The Morgan fingerprint density at radius 2 is 1.94 bits per heavy atom. The average Bonchev–Trinajstić information content (AvgIpc) is 2.89. The summed E-state index contributed by atoms with van der Waals surface area (Å²) in [5.41, 5.74) is -3.38. The van der Waals surface area contributed by atoms with Crippen LogP contribution in [0.25, 0.3) is 0 Å². The van der Waals surface area contributed by atoms with Crippen LogP contribution in [0.1, 0.15) is 59.3 Å². The SMILES string of the molecule is CC1C[C@H]2[C@@H]3CC(F)C4=CC(=O)CC[C@]4(C)[C@H]3[C@@H](O)C[C@]2(C)[C@@]1(O)C(=O)C(O)CC(=O)O. The molecular weight excluding hydrogens is 419 g/mol. The number of aliphatic hydroxyl groups excluding tert-OH is 2. The van der Waals surface area contributed by atoms with Gasteiger partial charge in [-0.2, -0.15) is 0 Å². The molecule has 8 heteroatoms. The van der Waals surface area contributed by atoms with Gasteiger partial charge >= 0.3 is 5.97 Å². The molecular formula is C24H33FO7. The van der Waals surface area contributed by atoms with Crippen LogP contribution in [0.5, 0.6) is 0 Å². The molecule has 178 valence electrons. The molecule has 0 saturated heterocycles. The summed E-state index contributed by atoms with van der Waals surface area (Å²) in [6.45, 7) is 5.31. The number of ketones is 2. The Morgan fingerprint density at radius 1 is 1.28 bits per heavy atom. The fourth-order valence-electron chi connectivity index (χ4n) is 8.06. The lowest BCUT2D eigenvalue weighted by Gasteiger charge is -2.61. The fraction of sp³-hybridized carbons (Fsp3) is 0.792. The van der Waals surface area contributed by atoms with Crippen LogP contribution >= 0.6 is 0 Å². The molecule has 3 fully saturated rings. The van der Waals surface area contributed by atoms with Gasteiger partial charge in [-0.3, -0.25) is 14.4 Å². The summed E-state index contributed by atoms with van der Waals surface area (Å²) in [5, 5.41) is 42.3. The topological polar surface area (TPSA) is 132 Å². The summed E-state index contributed by atoms with van der Waals surface area (Å²) >= 11 is 0. The van der Waals surface area contributed by atoms with E-state index < -0.39 is 58.9 Å². The maximum absolute atomic E-state index is 15.4. The van der Waals surface area contributed by atoms with E-state index in [-0.39, 0.29) is 36.4 Å².